The van der Waals surface area contributed by atoms with E-state index >= 15 is 0 Å². The molecule has 0 aromatic carbocycles. The van der Waals surface area contributed by atoms with E-state index in [9.17, 15) is 4.79 Å². The van der Waals surface area contributed by atoms with Crippen molar-refractivity contribution >= 4 is 5.91 Å². The van der Waals surface area contributed by atoms with E-state index in [1.54, 1.807) is 30.3 Å². The van der Waals surface area contributed by atoms with Gasteiger partial charge in [0.1, 0.15) is 5.69 Å². The van der Waals surface area contributed by atoms with Crippen LogP contribution in [0.2, 0.25) is 0 Å². The Morgan fingerprint density at radius 1 is 1.12 bits per heavy atom. The summed E-state index contributed by atoms with van der Waals surface area (Å²) in [6.45, 7) is 6.51. The van der Waals surface area contributed by atoms with Gasteiger partial charge >= 0.3 is 0 Å². The molecular weight excluding hydrogens is 326 g/mol. The van der Waals surface area contributed by atoms with Crippen LogP contribution in [0.5, 0.6) is 0 Å². The van der Waals surface area contributed by atoms with Gasteiger partial charge in [0.25, 0.3) is 5.91 Å². The summed E-state index contributed by atoms with van der Waals surface area (Å²) in [5.41, 5.74) is 2.73. The van der Waals surface area contributed by atoms with Crippen molar-refractivity contribution in [2.75, 3.05) is 0 Å². The van der Waals surface area contributed by atoms with Crippen LogP contribution in [0.4, 0.5) is 0 Å². The number of pyridine rings is 2. The Kier molecular flexibility index (Phi) is 4.84. The van der Waals surface area contributed by atoms with Crippen LogP contribution in [0, 0.1) is 0 Å². The van der Waals surface area contributed by atoms with Crippen molar-refractivity contribution in [1.29, 1.82) is 0 Å². The first-order chi connectivity index (χ1) is 12.4. The van der Waals surface area contributed by atoms with E-state index in [1.165, 1.54) is 0 Å². The quantitative estimate of drug-likeness (QED) is 0.725. The molecule has 3 rings (SSSR count). The van der Waals surface area contributed by atoms with Crippen LogP contribution in [0.15, 0.2) is 55.0 Å². The van der Waals surface area contributed by atoms with E-state index in [1.807, 2.05) is 62.1 Å². The van der Waals surface area contributed by atoms with Gasteiger partial charge in [-0.25, -0.2) is 0 Å². The molecule has 0 fully saturated rings. The van der Waals surface area contributed by atoms with Gasteiger partial charge in [-0.2, -0.15) is 5.10 Å². The minimum absolute atomic E-state index is 0.0709. The fourth-order valence-electron chi connectivity index (χ4n) is 2.74. The van der Waals surface area contributed by atoms with Crippen LogP contribution in [-0.4, -0.2) is 36.1 Å². The summed E-state index contributed by atoms with van der Waals surface area (Å²) in [5, 5.41) is 4.50. The summed E-state index contributed by atoms with van der Waals surface area (Å²) < 4.78 is 1.63. The Labute approximate surface area is 153 Å². The number of aromatic nitrogens is 4. The highest BCUT2D eigenvalue weighted by Gasteiger charge is 2.30. The van der Waals surface area contributed by atoms with Crippen molar-refractivity contribution < 1.29 is 4.79 Å². The van der Waals surface area contributed by atoms with E-state index < -0.39 is 0 Å². The third-order valence-electron chi connectivity index (χ3n) is 4.18. The molecule has 0 radical (unpaired) electrons. The van der Waals surface area contributed by atoms with E-state index in [0.717, 1.165) is 17.0 Å². The number of hydrogen-bond acceptors (Lipinski definition) is 4. The highest BCUT2D eigenvalue weighted by atomic mass is 16.2. The van der Waals surface area contributed by atoms with Crippen LogP contribution in [0.1, 0.15) is 37.0 Å². The highest BCUT2D eigenvalue weighted by molar-refractivity contribution is 5.94. The second-order valence-electron chi connectivity index (χ2n) is 7.16. The normalized spacial score (nSPS) is 11.4. The van der Waals surface area contributed by atoms with Crippen molar-refractivity contribution in [1.82, 2.24) is 24.6 Å². The Bertz CT molecular complexity index is 882. The summed E-state index contributed by atoms with van der Waals surface area (Å²) in [6, 6.07) is 11.3. The molecule has 0 unspecified atom stereocenters. The van der Waals surface area contributed by atoms with Crippen LogP contribution >= 0.6 is 0 Å². The summed E-state index contributed by atoms with van der Waals surface area (Å²) >= 11 is 0. The van der Waals surface area contributed by atoms with Crippen molar-refractivity contribution in [2.24, 2.45) is 7.05 Å². The van der Waals surface area contributed by atoms with E-state index in [0.29, 0.717) is 12.2 Å². The standard InChI is InChI=1S/C20H23N5O/c1-20(2,3)25(14-16-7-5-6-10-22-16)19(26)18-13-17(23-24(18)4)15-8-11-21-12-9-15/h5-13H,14H2,1-4H3. The maximum Gasteiger partial charge on any atom is 0.272 e. The second kappa shape index (κ2) is 7.07. The number of hydrogen-bond donors (Lipinski definition) is 0. The van der Waals surface area contributed by atoms with E-state index in [4.69, 9.17) is 0 Å². The molecule has 6 nitrogen and oxygen atoms in total. The highest BCUT2D eigenvalue weighted by Crippen LogP contribution is 2.23. The first kappa shape index (κ1) is 17.8. The van der Waals surface area contributed by atoms with Crippen molar-refractivity contribution in [2.45, 2.75) is 32.9 Å². The number of carbonyl (C=O) groups is 1. The predicted molar refractivity (Wildman–Crippen MR) is 100 cm³/mol. The van der Waals surface area contributed by atoms with Crippen LogP contribution in [-0.2, 0) is 13.6 Å². The monoisotopic (exact) mass is 349 g/mol. The summed E-state index contributed by atoms with van der Waals surface area (Å²) in [5.74, 6) is -0.0709. The Hall–Kier alpha value is -3.02. The van der Waals surface area contributed by atoms with Crippen molar-refractivity contribution in [3.8, 4) is 11.3 Å². The zero-order valence-corrected chi connectivity index (χ0v) is 15.5. The third kappa shape index (κ3) is 3.79. The average molecular weight is 349 g/mol. The summed E-state index contributed by atoms with van der Waals surface area (Å²) in [6.07, 6.45) is 5.17. The van der Waals surface area contributed by atoms with Gasteiger partial charge < -0.3 is 4.90 Å². The van der Waals surface area contributed by atoms with Gasteiger partial charge in [-0.1, -0.05) is 6.07 Å². The van der Waals surface area contributed by atoms with E-state index in [2.05, 4.69) is 15.1 Å². The lowest BCUT2D eigenvalue weighted by Crippen LogP contribution is -2.45. The second-order valence-corrected chi connectivity index (χ2v) is 7.16. The molecule has 0 atom stereocenters. The Balaban J connectivity index is 1.93. The molecule has 0 bridgehead atoms. The molecule has 0 aliphatic heterocycles. The zero-order valence-electron chi connectivity index (χ0n) is 15.5. The lowest BCUT2D eigenvalue weighted by molar-refractivity contribution is 0.0543. The van der Waals surface area contributed by atoms with Gasteiger partial charge in [-0.15, -0.1) is 0 Å². The molecule has 1 amide bonds. The molecule has 0 saturated carbocycles. The fraction of sp³-hybridized carbons (Fsp3) is 0.300. The number of carbonyl (C=O) groups excluding carboxylic acids is 1. The minimum Gasteiger partial charge on any atom is -0.327 e. The van der Waals surface area contributed by atoms with Gasteiger partial charge in [-0.3, -0.25) is 19.4 Å². The molecule has 26 heavy (non-hydrogen) atoms. The molecule has 0 spiro atoms. The molecule has 0 aliphatic rings. The van der Waals surface area contributed by atoms with Crippen molar-refractivity contribution in [3.05, 3.63) is 66.4 Å². The maximum atomic E-state index is 13.3. The first-order valence-electron chi connectivity index (χ1n) is 8.52. The van der Waals surface area contributed by atoms with Crippen LogP contribution in [0.3, 0.4) is 0 Å². The zero-order chi connectivity index (χ0) is 18.7. The first-order valence-corrected chi connectivity index (χ1v) is 8.52. The lowest BCUT2D eigenvalue weighted by atomic mass is 10.0. The molecule has 0 saturated heterocycles. The lowest BCUT2D eigenvalue weighted by Gasteiger charge is -2.35. The summed E-state index contributed by atoms with van der Waals surface area (Å²) in [4.78, 5) is 23.5. The minimum atomic E-state index is -0.351. The van der Waals surface area contributed by atoms with Crippen LogP contribution in [0.25, 0.3) is 11.3 Å². The topological polar surface area (TPSA) is 63.9 Å². The molecular formula is C20H23N5O. The number of aryl methyl sites for hydroxylation is 1. The molecule has 134 valence electrons. The molecule has 3 aromatic heterocycles. The molecule has 0 N–H and O–H groups in total. The number of nitrogens with zero attached hydrogens (tertiary/aromatic N) is 5. The molecule has 3 aromatic rings. The summed E-state index contributed by atoms with van der Waals surface area (Å²) in [7, 11) is 1.79. The van der Waals surface area contributed by atoms with Gasteiger partial charge in [0.15, 0.2) is 0 Å². The average Bonchev–Trinajstić information content (AvgIpc) is 3.02. The third-order valence-corrected chi connectivity index (χ3v) is 4.18. The van der Waals surface area contributed by atoms with Crippen LogP contribution < -0.4 is 0 Å². The van der Waals surface area contributed by atoms with Gasteiger partial charge in [0.2, 0.25) is 0 Å². The van der Waals surface area contributed by atoms with E-state index in [-0.39, 0.29) is 11.4 Å². The smallest absolute Gasteiger partial charge is 0.272 e. The Morgan fingerprint density at radius 2 is 1.85 bits per heavy atom. The number of rotatable bonds is 4. The SMILES string of the molecule is Cn1nc(-c2ccncc2)cc1C(=O)N(Cc1ccccn1)C(C)(C)C. The Morgan fingerprint density at radius 3 is 2.46 bits per heavy atom. The van der Waals surface area contributed by atoms with Gasteiger partial charge in [0, 0.05) is 36.7 Å². The number of amides is 1. The molecule has 6 heteroatoms. The van der Waals surface area contributed by atoms with Gasteiger partial charge in [-0.05, 0) is 51.1 Å². The predicted octanol–water partition coefficient (Wildman–Crippen LogP) is 3.32. The molecule has 0 aliphatic carbocycles. The van der Waals surface area contributed by atoms with Crippen molar-refractivity contribution in [3.63, 3.8) is 0 Å². The largest absolute Gasteiger partial charge is 0.327 e. The molecule has 3 heterocycles. The maximum absolute atomic E-state index is 13.3. The fourth-order valence-corrected chi connectivity index (χ4v) is 2.74. The van der Waals surface area contributed by atoms with Gasteiger partial charge in [0.05, 0.1) is 17.9 Å².